The van der Waals surface area contributed by atoms with E-state index in [-0.39, 0.29) is 11.9 Å². The second kappa shape index (κ2) is 9.70. The summed E-state index contributed by atoms with van der Waals surface area (Å²) in [6.45, 7) is 0.542. The third kappa shape index (κ3) is 6.27. The van der Waals surface area contributed by atoms with E-state index in [4.69, 9.17) is 16.3 Å². The van der Waals surface area contributed by atoms with Crippen LogP contribution in [0.15, 0.2) is 53.4 Å². The first-order valence-electron chi connectivity index (χ1n) is 7.95. The van der Waals surface area contributed by atoms with Gasteiger partial charge in [-0.1, -0.05) is 23.7 Å². The van der Waals surface area contributed by atoms with Crippen molar-refractivity contribution in [2.24, 2.45) is 0 Å². The zero-order valence-corrected chi connectivity index (χ0v) is 16.2. The van der Waals surface area contributed by atoms with E-state index in [0.29, 0.717) is 17.3 Å². The first-order chi connectivity index (χ1) is 12.0. The van der Waals surface area contributed by atoms with Gasteiger partial charge in [0.15, 0.2) is 0 Å². The number of hydrogen-bond acceptors (Lipinski definition) is 4. The van der Waals surface area contributed by atoms with E-state index in [0.717, 1.165) is 16.2 Å². The maximum atomic E-state index is 12.2. The molecule has 0 aliphatic heterocycles. The number of methoxy groups -OCH3 is 1. The standard InChI is InChI=1S/C19H23ClN2O2S/c1-22(2)18(14-5-4-6-16(11-14)24-3)12-21-19(23)13-25-17-9-7-15(20)8-10-17/h4-11,18H,12-13H2,1-3H3,(H,21,23). The van der Waals surface area contributed by atoms with Gasteiger partial charge in [0.1, 0.15) is 5.75 Å². The highest BCUT2D eigenvalue weighted by Gasteiger charge is 2.16. The highest BCUT2D eigenvalue weighted by molar-refractivity contribution is 8.00. The van der Waals surface area contributed by atoms with Crippen molar-refractivity contribution >= 4 is 29.3 Å². The predicted molar refractivity (Wildman–Crippen MR) is 105 cm³/mol. The van der Waals surface area contributed by atoms with Crippen molar-refractivity contribution in [2.45, 2.75) is 10.9 Å². The number of likely N-dealkylation sites (N-methyl/N-ethyl adjacent to an activating group) is 1. The molecule has 2 aromatic carbocycles. The molecule has 1 atom stereocenters. The Bertz CT molecular complexity index is 692. The van der Waals surface area contributed by atoms with Crippen LogP contribution in [0.2, 0.25) is 5.02 Å². The van der Waals surface area contributed by atoms with Crippen LogP contribution < -0.4 is 10.1 Å². The number of hydrogen-bond donors (Lipinski definition) is 1. The second-order valence-electron chi connectivity index (χ2n) is 5.80. The number of thioether (sulfide) groups is 1. The molecule has 0 aliphatic carbocycles. The summed E-state index contributed by atoms with van der Waals surface area (Å²) in [7, 11) is 5.65. The number of benzene rings is 2. The molecule has 1 unspecified atom stereocenters. The van der Waals surface area contributed by atoms with Gasteiger partial charge >= 0.3 is 0 Å². The highest BCUT2D eigenvalue weighted by Crippen LogP contribution is 2.23. The maximum Gasteiger partial charge on any atom is 0.230 e. The van der Waals surface area contributed by atoms with Crippen molar-refractivity contribution in [1.82, 2.24) is 10.2 Å². The summed E-state index contributed by atoms with van der Waals surface area (Å²) >= 11 is 7.36. The summed E-state index contributed by atoms with van der Waals surface area (Å²) in [6, 6.07) is 15.5. The minimum absolute atomic E-state index is 0.00898. The van der Waals surface area contributed by atoms with Crippen molar-refractivity contribution in [2.75, 3.05) is 33.5 Å². The highest BCUT2D eigenvalue weighted by atomic mass is 35.5. The Morgan fingerprint density at radius 2 is 1.96 bits per heavy atom. The minimum atomic E-state index is 0.00898. The van der Waals surface area contributed by atoms with Gasteiger partial charge in [-0.25, -0.2) is 0 Å². The molecule has 25 heavy (non-hydrogen) atoms. The number of ether oxygens (including phenoxy) is 1. The van der Waals surface area contributed by atoms with E-state index in [1.807, 2.05) is 62.6 Å². The molecule has 6 heteroatoms. The molecule has 0 radical (unpaired) electrons. The summed E-state index contributed by atoms with van der Waals surface area (Å²) in [5.41, 5.74) is 1.11. The number of amides is 1. The van der Waals surface area contributed by atoms with E-state index in [9.17, 15) is 4.79 Å². The van der Waals surface area contributed by atoms with E-state index in [1.165, 1.54) is 11.8 Å². The minimum Gasteiger partial charge on any atom is -0.497 e. The first kappa shape index (κ1) is 19.6. The van der Waals surface area contributed by atoms with Crippen LogP contribution >= 0.6 is 23.4 Å². The fourth-order valence-electron chi connectivity index (χ4n) is 2.39. The van der Waals surface area contributed by atoms with Crippen molar-refractivity contribution in [3.05, 3.63) is 59.1 Å². The van der Waals surface area contributed by atoms with Gasteiger partial charge in [-0.05, 0) is 56.1 Å². The molecule has 134 valence electrons. The molecule has 0 heterocycles. The Kier molecular flexibility index (Phi) is 7.62. The predicted octanol–water partition coefficient (Wildman–Crippen LogP) is 3.86. The molecule has 0 aromatic heterocycles. The molecule has 4 nitrogen and oxygen atoms in total. The second-order valence-corrected chi connectivity index (χ2v) is 7.29. The number of rotatable bonds is 8. The third-order valence-electron chi connectivity index (χ3n) is 3.78. The molecule has 0 saturated carbocycles. The lowest BCUT2D eigenvalue weighted by molar-refractivity contribution is -0.118. The number of carbonyl (C=O) groups excluding carboxylic acids is 1. The van der Waals surface area contributed by atoms with Crippen LogP contribution in [0.3, 0.4) is 0 Å². The molecule has 2 aromatic rings. The monoisotopic (exact) mass is 378 g/mol. The molecule has 2 rings (SSSR count). The van der Waals surface area contributed by atoms with E-state index in [1.54, 1.807) is 7.11 Å². The molecule has 0 spiro atoms. The molecule has 0 aliphatic rings. The lowest BCUT2D eigenvalue weighted by Crippen LogP contribution is -2.35. The van der Waals surface area contributed by atoms with Gasteiger partial charge in [0.2, 0.25) is 5.91 Å². The van der Waals surface area contributed by atoms with Crippen LogP contribution in [0.1, 0.15) is 11.6 Å². The first-order valence-corrected chi connectivity index (χ1v) is 9.31. The van der Waals surface area contributed by atoms with Gasteiger partial charge in [0.25, 0.3) is 0 Å². The number of nitrogens with one attached hydrogen (secondary N) is 1. The van der Waals surface area contributed by atoms with Crippen molar-refractivity contribution in [1.29, 1.82) is 0 Å². The van der Waals surface area contributed by atoms with Crippen LogP contribution in [0.5, 0.6) is 5.75 Å². The SMILES string of the molecule is COc1cccc(C(CNC(=O)CSc2ccc(Cl)cc2)N(C)C)c1. The smallest absolute Gasteiger partial charge is 0.230 e. The summed E-state index contributed by atoms with van der Waals surface area (Å²) in [4.78, 5) is 15.3. The van der Waals surface area contributed by atoms with Gasteiger partial charge in [-0.15, -0.1) is 11.8 Å². The van der Waals surface area contributed by atoms with Crippen molar-refractivity contribution in [3.8, 4) is 5.75 Å². The summed E-state index contributed by atoms with van der Waals surface area (Å²) in [5, 5.41) is 3.71. The molecule has 0 saturated heterocycles. The van der Waals surface area contributed by atoms with Crippen molar-refractivity contribution < 1.29 is 9.53 Å². The summed E-state index contributed by atoms with van der Waals surface area (Å²) < 4.78 is 5.29. The third-order valence-corrected chi connectivity index (χ3v) is 5.04. The number of nitrogens with zero attached hydrogens (tertiary/aromatic N) is 1. The van der Waals surface area contributed by atoms with E-state index >= 15 is 0 Å². The van der Waals surface area contributed by atoms with E-state index in [2.05, 4.69) is 10.2 Å². The Morgan fingerprint density at radius 3 is 2.60 bits per heavy atom. The topological polar surface area (TPSA) is 41.6 Å². The van der Waals surface area contributed by atoms with Crippen LogP contribution in [0.25, 0.3) is 0 Å². The van der Waals surface area contributed by atoms with E-state index < -0.39 is 0 Å². The van der Waals surface area contributed by atoms with Crippen molar-refractivity contribution in [3.63, 3.8) is 0 Å². The average molecular weight is 379 g/mol. The normalized spacial score (nSPS) is 12.0. The molecule has 1 amide bonds. The van der Waals surface area contributed by atoms with Gasteiger partial charge in [0.05, 0.1) is 18.9 Å². The van der Waals surface area contributed by atoms with Crippen LogP contribution in [-0.4, -0.2) is 44.3 Å². The summed E-state index contributed by atoms with van der Waals surface area (Å²) in [6.07, 6.45) is 0. The summed E-state index contributed by atoms with van der Waals surface area (Å²) in [5.74, 6) is 1.20. The largest absolute Gasteiger partial charge is 0.497 e. The lowest BCUT2D eigenvalue weighted by Gasteiger charge is -2.25. The molecule has 1 N–H and O–H groups in total. The molecular formula is C19H23ClN2O2S. The molecular weight excluding hydrogens is 356 g/mol. The van der Waals surface area contributed by atoms with Gasteiger partial charge in [-0.3, -0.25) is 4.79 Å². The fourth-order valence-corrected chi connectivity index (χ4v) is 3.24. The maximum absolute atomic E-state index is 12.2. The molecule has 0 bridgehead atoms. The molecule has 0 fully saturated rings. The Labute approximate surface area is 158 Å². The van der Waals surface area contributed by atoms with Gasteiger partial charge < -0.3 is 15.0 Å². The fraction of sp³-hybridized carbons (Fsp3) is 0.316. The zero-order chi connectivity index (χ0) is 18.2. The number of carbonyl (C=O) groups is 1. The van der Waals surface area contributed by atoms with Crippen LogP contribution in [-0.2, 0) is 4.79 Å². The zero-order valence-electron chi connectivity index (χ0n) is 14.7. The van der Waals surface area contributed by atoms with Crippen LogP contribution in [0.4, 0.5) is 0 Å². The van der Waals surface area contributed by atoms with Gasteiger partial charge in [0, 0.05) is 16.5 Å². The Morgan fingerprint density at radius 1 is 1.24 bits per heavy atom. The van der Waals surface area contributed by atoms with Crippen LogP contribution in [0, 0.1) is 0 Å². The lowest BCUT2D eigenvalue weighted by atomic mass is 10.1. The quantitative estimate of drug-likeness (QED) is 0.708. The average Bonchev–Trinajstić information content (AvgIpc) is 2.61. The number of halogens is 1. The van der Waals surface area contributed by atoms with Gasteiger partial charge in [-0.2, -0.15) is 0 Å². The Balaban J connectivity index is 1.89. The Hall–Kier alpha value is -1.69.